The molecule has 0 saturated heterocycles. The molecule has 1 aliphatic heterocycles. The average molecular weight is 334 g/mol. The number of carbonyl (C=O) groups excluding carboxylic acids is 1. The van der Waals surface area contributed by atoms with Gasteiger partial charge < -0.3 is 4.74 Å². The molecule has 0 aliphatic carbocycles. The normalized spacial score (nSPS) is 16.2. The SMILES string of the molecule is CCC1CN(C(=O)c2cccc(-n3cccn3)n2)c2ccccc2O1. The standard InChI is InChI=1S/C19H18N4O2/c1-2-14-13-22(16-8-3-4-9-17(16)25-14)19(24)15-7-5-10-18(21-15)23-12-6-11-20-23/h3-12,14H,2,13H2,1H3. The van der Waals surface area contributed by atoms with Crippen molar-refractivity contribution in [3.63, 3.8) is 0 Å². The number of carbonyl (C=O) groups is 1. The van der Waals surface area contributed by atoms with Gasteiger partial charge in [0.25, 0.3) is 5.91 Å². The third-order valence-corrected chi connectivity index (χ3v) is 4.23. The number of para-hydroxylation sites is 2. The van der Waals surface area contributed by atoms with Crippen LogP contribution < -0.4 is 9.64 Å². The molecule has 2 aromatic heterocycles. The van der Waals surface area contributed by atoms with Crippen LogP contribution in [0.1, 0.15) is 23.8 Å². The highest BCUT2D eigenvalue weighted by Gasteiger charge is 2.30. The topological polar surface area (TPSA) is 60.2 Å². The minimum absolute atomic E-state index is 0.0202. The van der Waals surface area contributed by atoms with Gasteiger partial charge in [0.15, 0.2) is 5.82 Å². The number of fused-ring (bicyclic) bond motifs is 1. The van der Waals surface area contributed by atoms with E-state index in [1.54, 1.807) is 28.0 Å². The molecular weight excluding hydrogens is 316 g/mol. The first-order valence-corrected chi connectivity index (χ1v) is 8.31. The maximum absolute atomic E-state index is 13.1. The van der Waals surface area contributed by atoms with Crippen LogP contribution in [0.2, 0.25) is 0 Å². The smallest absolute Gasteiger partial charge is 0.277 e. The zero-order chi connectivity index (χ0) is 17.2. The Morgan fingerprint density at radius 3 is 2.88 bits per heavy atom. The molecular formula is C19H18N4O2. The van der Waals surface area contributed by atoms with Gasteiger partial charge in [-0.25, -0.2) is 9.67 Å². The highest BCUT2D eigenvalue weighted by molar-refractivity contribution is 6.06. The lowest BCUT2D eigenvalue weighted by molar-refractivity contribution is 0.0949. The first-order chi connectivity index (χ1) is 12.3. The predicted octanol–water partition coefficient (Wildman–Crippen LogP) is 3.09. The van der Waals surface area contributed by atoms with Crippen molar-refractivity contribution >= 4 is 11.6 Å². The Hall–Kier alpha value is -3.15. The molecule has 1 unspecified atom stereocenters. The van der Waals surface area contributed by atoms with Crippen LogP contribution in [-0.2, 0) is 0 Å². The van der Waals surface area contributed by atoms with Crippen molar-refractivity contribution in [2.75, 3.05) is 11.4 Å². The van der Waals surface area contributed by atoms with E-state index in [0.717, 1.165) is 17.9 Å². The molecule has 1 atom stereocenters. The van der Waals surface area contributed by atoms with Gasteiger partial charge in [-0.2, -0.15) is 5.10 Å². The Labute approximate surface area is 145 Å². The Balaban J connectivity index is 1.70. The number of ether oxygens (including phenoxy) is 1. The van der Waals surface area contributed by atoms with Crippen molar-refractivity contribution in [2.45, 2.75) is 19.4 Å². The average Bonchev–Trinajstić information content (AvgIpc) is 3.21. The summed E-state index contributed by atoms with van der Waals surface area (Å²) >= 11 is 0. The van der Waals surface area contributed by atoms with E-state index in [-0.39, 0.29) is 12.0 Å². The lowest BCUT2D eigenvalue weighted by Crippen LogP contribution is -2.43. The number of pyridine rings is 1. The molecule has 0 bridgehead atoms. The summed E-state index contributed by atoms with van der Waals surface area (Å²) in [5.41, 5.74) is 1.17. The minimum Gasteiger partial charge on any atom is -0.486 e. The molecule has 3 aromatic rings. The van der Waals surface area contributed by atoms with Crippen LogP contribution in [0.3, 0.4) is 0 Å². The first kappa shape index (κ1) is 15.4. The molecule has 0 N–H and O–H groups in total. The van der Waals surface area contributed by atoms with Gasteiger partial charge in [0.1, 0.15) is 17.5 Å². The van der Waals surface area contributed by atoms with Crippen LogP contribution in [0, 0.1) is 0 Å². The van der Waals surface area contributed by atoms with Crippen molar-refractivity contribution in [2.24, 2.45) is 0 Å². The predicted molar refractivity (Wildman–Crippen MR) is 94.2 cm³/mol. The number of nitrogens with zero attached hydrogens (tertiary/aromatic N) is 4. The van der Waals surface area contributed by atoms with Crippen molar-refractivity contribution in [1.29, 1.82) is 0 Å². The second-order valence-electron chi connectivity index (χ2n) is 5.86. The largest absolute Gasteiger partial charge is 0.486 e. The van der Waals surface area contributed by atoms with E-state index in [0.29, 0.717) is 18.1 Å². The molecule has 6 heteroatoms. The monoisotopic (exact) mass is 334 g/mol. The molecule has 0 fully saturated rings. The van der Waals surface area contributed by atoms with Gasteiger partial charge in [0.05, 0.1) is 12.2 Å². The summed E-state index contributed by atoms with van der Waals surface area (Å²) in [6.07, 6.45) is 4.29. The van der Waals surface area contributed by atoms with E-state index in [9.17, 15) is 4.79 Å². The van der Waals surface area contributed by atoms with Gasteiger partial charge in [-0.3, -0.25) is 9.69 Å². The Bertz CT molecular complexity index is 892. The third kappa shape index (κ3) is 2.87. The summed E-state index contributed by atoms with van der Waals surface area (Å²) in [5, 5.41) is 4.17. The summed E-state index contributed by atoms with van der Waals surface area (Å²) in [6, 6.07) is 14.8. The Morgan fingerprint density at radius 1 is 1.20 bits per heavy atom. The van der Waals surface area contributed by atoms with Gasteiger partial charge >= 0.3 is 0 Å². The zero-order valence-corrected chi connectivity index (χ0v) is 13.9. The summed E-state index contributed by atoms with van der Waals surface area (Å²) in [7, 11) is 0. The fourth-order valence-corrected chi connectivity index (χ4v) is 2.92. The van der Waals surface area contributed by atoms with E-state index in [4.69, 9.17) is 4.74 Å². The van der Waals surface area contributed by atoms with Crippen molar-refractivity contribution in [3.05, 3.63) is 66.6 Å². The van der Waals surface area contributed by atoms with E-state index < -0.39 is 0 Å². The number of rotatable bonds is 3. The number of hydrogen-bond donors (Lipinski definition) is 0. The van der Waals surface area contributed by atoms with Crippen molar-refractivity contribution in [3.8, 4) is 11.6 Å². The van der Waals surface area contributed by atoms with Gasteiger partial charge in [-0.1, -0.05) is 25.1 Å². The van der Waals surface area contributed by atoms with E-state index in [1.807, 2.05) is 42.5 Å². The highest BCUT2D eigenvalue weighted by Crippen LogP contribution is 2.34. The summed E-state index contributed by atoms with van der Waals surface area (Å²) < 4.78 is 7.59. The molecule has 0 saturated carbocycles. The molecule has 0 spiro atoms. The van der Waals surface area contributed by atoms with Crippen LogP contribution >= 0.6 is 0 Å². The number of benzene rings is 1. The molecule has 1 aliphatic rings. The van der Waals surface area contributed by atoms with Gasteiger partial charge in [0.2, 0.25) is 0 Å². The lowest BCUT2D eigenvalue weighted by atomic mass is 10.1. The molecule has 126 valence electrons. The second-order valence-corrected chi connectivity index (χ2v) is 5.86. The highest BCUT2D eigenvalue weighted by atomic mass is 16.5. The molecule has 25 heavy (non-hydrogen) atoms. The van der Waals surface area contributed by atoms with Crippen LogP contribution in [0.5, 0.6) is 5.75 Å². The van der Waals surface area contributed by atoms with Crippen LogP contribution in [0.15, 0.2) is 60.9 Å². The number of aromatic nitrogens is 3. The van der Waals surface area contributed by atoms with Gasteiger partial charge in [0, 0.05) is 12.4 Å². The van der Waals surface area contributed by atoms with Crippen LogP contribution in [-0.4, -0.2) is 33.3 Å². The second kappa shape index (κ2) is 6.39. The molecule has 1 aromatic carbocycles. The lowest BCUT2D eigenvalue weighted by Gasteiger charge is -2.34. The summed E-state index contributed by atoms with van der Waals surface area (Å²) in [4.78, 5) is 19.4. The molecule has 1 amide bonds. The fraction of sp³-hybridized carbons (Fsp3) is 0.211. The van der Waals surface area contributed by atoms with Crippen LogP contribution in [0.25, 0.3) is 5.82 Å². The quantitative estimate of drug-likeness (QED) is 0.738. The third-order valence-electron chi connectivity index (χ3n) is 4.23. The number of anilines is 1. The van der Waals surface area contributed by atoms with Crippen LogP contribution in [0.4, 0.5) is 5.69 Å². The zero-order valence-electron chi connectivity index (χ0n) is 13.9. The van der Waals surface area contributed by atoms with Crippen molar-refractivity contribution in [1.82, 2.24) is 14.8 Å². The molecule has 0 radical (unpaired) electrons. The first-order valence-electron chi connectivity index (χ1n) is 8.31. The van der Waals surface area contributed by atoms with E-state index >= 15 is 0 Å². The van der Waals surface area contributed by atoms with Crippen molar-refractivity contribution < 1.29 is 9.53 Å². The van der Waals surface area contributed by atoms with E-state index in [2.05, 4.69) is 17.0 Å². The minimum atomic E-state index is -0.136. The molecule has 6 nitrogen and oxygen atoms in total. The maximum atomic E-state index is 13.1. The van der Waals surface area contributed by atoms with Gasteiger partial charge in [-0.05, 0) is 36.8 Å². The Kier molecular flexibility index (Phi) is 3.93. The summed E-state index contributed by atoms with van der Waals surface area (Å²) in [6.45, 7) is 2.57. The molecule has 3 heterocycles. The fourth-order valence-electron chi connectivity index (χ4n) is 2.92. The maximum Gasteiger partial charge on any atom is 0.277 e. The van der Waals surface area contributed by atoms with E-state index in [1.165, 1.54) is 0 Å². The number of hydrogen-bond acceptors (Lipinski definition) is 4. The Morgan fingerprint density at radius 2 is 2.08 bits per heavy atom. The molecule has 4 rings (SSSR count). The van der Waals surface area contributed by atoms with Gasteiger partial charge in [-0.15, -0.1) is 0 Å². The number of amides is 1. The summed E-state index contributed by atoms with van der Waals surface area (Å²) in [5.74, 6) is 1.21.